The van der Waals surface area contributed by atoms with Crippen molar-refractivity contribution in [1.29, 1.82) is 0 Å². The maximum Gasteiger partial charge on any atom is 0.192 e. The van der Waals surface area contributed by atoms with Crippen LogP contribution in [0, 0.1) is 5.92 Å². The van der Waals surface area contributed by atoms with Gasteiger partial charge in [0, 0.05) is 17.7 Å². The van der Waals surface area contributed by atoms with E-state index >= 15 is 0 Å². The Balaban J connectivity index is 1.63. The number of hydrogen-bond acceptors (Lipinski definition) is 7. The second kappa shape index (κ2) is 9.65. The molecule has 0 aliphatic heterocycles. The van der Waals surface area contributed by atoms with Crippen LogP contribution in [-0.4, -0.2) is 43.6 Å². The monoisotopic (exact) mass is 453 g/mol. The van der Waals surface area contributed by atoms with Gasteiger partial charge in [0.15, 0.2) is 16.8 Å². The fourth-order valence-electron chi connectivity index (χ4n) is 4.26. The summed E-state index contributed by atoms with van der Waals surface area (Å²) in [6.07, 6.45) is 4.57. The molecule has 0 spiro atoms. The van der Waals surface area contributed by atoms with Gasteiger partial charge < -0.3 is 14.9 Å². The average Bonchev–Trinajstić information content (AvgIpc) is 3.21. The van der Waals surface area contributed by atoms with E-state index in [2.05, 4.69) is 21.7 Å². The molecule has 2 atom stereocenters. The molecule has 4 rings (SSSR count). The maximum absolute atomic E-state index is 12.7. The van der Waals surface area contributed by atoms with E-state index < -0.39 is 0 Å². The minimum Gasteiger partial charge on any atom is -0.508 e. The molecule has 0 bridgehead atoms. The summed E-state index contributed by atoms with van der Waals surface area (Å²) in [5.41, 5.74) is 1.13. The van der Waals surface area contributed by atoms with Crippen molar-refractivity contribution in [3.63, 3.8) is 0 Å². The smallest absolute Gasteiger partial charge is 0.192 e. The molecule has 7 nitrogen and oxygen atoms in total. The maximum atomic E-state index is 12.7. The standard InChI is InChI=1S/C24H27N3O4S/c1-15-5-3-4-6-20(15)27-23(16-7-10-18(31-2)11-8-16)25-26-24(27)32-14-22(30)19-12-9-17(28)13-21(19)29/h7-13,15,20,28-29H,3-6,14H2,1-2H3/t15-,20-/m0/s1. The highest BCUT2D eigenvalue weighted by atomic mass is 32.2. The van der Waals surface area contributed by atoms with Crippen LogP contribution in [0.25, 0.3) is 11.4 Å². The number of aromatic nitrogens is 3. The normalized spacial score (nSPS) is 18.4. The molecule has 32 heavy (non-hydrogen) atoms. The summed E-state index contributed by atoms with van der Waals surface area (Å²) in [4.78, 5) is 12.7. The first kappa shape index (κ1) is 22.2. The third kappa shape index (κ3) is 4.60. The summed E-state index contributed by atoms with van der Waals surface area (Å²) in [6, 6.07) is 12.0. The molecular formula is C24H27N3O4S. The van der Waals surface area contributed by atoms with Crippen molar-refractivity contribution < 1.29 is 19.7 Å². The first-order valence-electron chi connectivity index (χ1n) is 10.7. The lowest BCUT2D eigenvalue weighted by atomic mass is 9.85. The third-order valence-electron chi connectivity index (χ3n) is 6.02. The Labute approximate surface area is 191 Å². The summed E-state index contributed by atoms with van der Waals surface area (Å²) in [7, 11) is 1.64. The van der Waals surface area contributed by atoms with Crippen LogP contribution in [0.2, 0.25) is 0 Å². The molecule has 2 aromatic carbocycles. The van der Waals surface area contributed by atoms with Gasteiger partial charge >= 0.3 is 0 Å². The second-order valence-electron chi connectivity index (χ2n) is 8.15. The zero-order chi connectivity index (χ0) is 22.7. The van der Waals surface area contributed by atoms with Gasteiger partial charge in [-0.15, -0.1) is 10.2 Å². The average molecular weight is 454 g/mol. The number of nitrogens with zero attached hydrogens (tertiary/aromatic N) is 3. The number of methoxy groups -OCH3 is 1. The molecule has 1 fully saturated rings. The third-order valence-corrected chi connectivity index (χ3v) is 6.97. The predicted octanol–water partition coefficient (Wildman–Crippen LogP) is 5.09. The number of rotatable bonds is 7. The lowest BCUT2D eigenvalue weighted by molar-refractivity contribution is 0.102. The summed E-state index contributed by atoms with van der Waals surface area (Å²) >= 11 is 1.32. The number of phenols is 2. The highest BCUT2D eigenvalue weighted by Crippen LogP contribution is 2.39. The SMILES string of the molecule is COc1ccc(-c2nnc(SCC(=O)c3ccc(O)cc3O)n2[C@H]2CCCC[C@@H]2C)cc1. The van der Waals surface area contributed by atoms with Gasteiger partial charge in [-0.3, -0.25) is 9.36 Å². The van der Waals surface area contributed by atoms with E-state index in [1.54, 1.807) is 7.11 Å². The lowest BCUT2D eigenvalue weighted by Gasteiger charge is -2.31. The van der Waals surface area contributed by atoms with Gasteiger partial charge in [-0.05, 0) is 55.2 Å². The van der Waals surface area contributed by atoms with Gasteiger partial charge in [0.1, 0.15) is 17.2 Å². The van der Waals surface area contributed by atoms with Crippen LogP contribution in [0.4, 0.5) is 0 Å². The summed E-state index contributed by atoms with van der Waals surface area (Å²) in [5, 5.41) is 29.1. The Bertz CT molecular complexity index is 1100. The molecule has 1 heterocycles. The van der Waals surface area contributed by atoms with Gasteiger partial charge in [0.2, 0.25) is 0 Å². The van der Waals surface area contributed by atoms with Crippen LogP contribution in [0.1, 0.15) is 49.0 Å². The van der Waals surface area contributed by atoms with E-state index in [0.29, 0.717) is 11.1 Å². The minimum absolute atomic E-state index is 0.0816. The summed E-state index contributed by atoms with van der Waals surface area (Å²) in [5.74, 6) is 1.62. The van der Waals surface area contributed by atoms with Gasteiger partial charge in [0.25, 0.3) is 0 Å². The number of benzene rings is 2. The molecule has 3 aromatic rings. The molecule has 1 saturated carbocycles. The van der Waals surface area contributed by atoms with Gasteiger partial charge in [0.05, 0.1) is 18.4 Å². The van der Waals surface area contributed by atoms with Crippen molar-refractivity contribution >= 4 is 17.5 Å². The molecule has 0 amide bonds. The first-order chi connectivity index (χ1) is 15.5. The Morgan fingerprint density at radius 2 is 1.88 bits per heavy atom. The summed E-state index contributed by atoms with van der Waals surface area (Å²) < 4.78 is 7.46. The lowest BCUT2D eigenvalue weighted by Crippen LogP contribution is -2.22. The molecule has 0 unspecified atom stereocenters. The number of carbonyl (C=O) groups is 1. The highest BCUT2D eigenvalue weighted by Gasteiger charge is 2.29. The number of Topliss-reactive ketones (excluding diaryl/α,β-unsaturated/α-hetero) is 1. The van der Waals surface area contributed by atoms with E-state index in [1.165, 1.54) is 36.4 Å². The molecule has 0 radical (unpaired) electrons. The van der Waals surface area contributed by atoms with E-state index in [1.807, 2.05) is 24.3 Å². The Morgan fingerprint density at radius 3 is 2.56 bits per heavy atom. The fourth-order valence-corrected chi connectivity index (χ4v) is 5.13. The highest BCUT2D eigenvalue weighted by molar-refractivity contribution is 7.99. The van der Waals surface area contributed by atoms with Gasteiger partial charge in [-0.1, -0.05) is 31.5 Å². The number of ketones is 1. The van der Waals surface area contributed by atoms with Gasteiger partial charge in [-0.25, -0.2) is 0 Å². The number of aromatic hydroxyl groups is 2. The van der Waals surface area contributed by atoms with Crippen molar-refractivity contribution in [2.45, 2.75) is 43.8 Å². The molecule has 1 aliphatic carbocycles. The number of thioether (sulfide) groups is 1. The van der Waals surface area contributed by atoms with Crippen molar-refractivity contribution in [3.8, 4) is 28.6 Å². The number of ether oxygens (including phenoxy) is 1. The number of phenolic OH excluding ortho intramolecular Hbond substituents is 2. The topological polar surface area (TPSA) is 97.5 Å². The molecule has 0 saturated heterocycles. The van der Waals surface area contributed by atoms with Crippen LogP contribution in [0.15, 0.2) is 47.6 Å². The Kier molecular flexibility index (Phi) is 6.69. The van der Waals surface area contributed by atoms with E-state index in [0.717, 1.165) is 36.4 Å². The van der Waals surface area contributed by atoms with Gasteiger partial charge in [-0.2, -0.15) is 0 Å². The minimum atomic E-state index is -0.232. The van der Waals surface area contributed by atoms with Crippen LogP contribution >= 0.6 is 11.8 Å². The molecule has 1 aromatic heterocycles. The van der Waals surface area contributed by atoms with Crippen LogP contribution in [0.5, 0.6) is 17.2 Å². The molecule has 8 heteroatoms. The number of hydrogen-bond donors (Lipinski definition) is 2. The first-order valence-corrected chi connectivity index (χ1v) is 11.7. The van der Waals surface area contributed by atoms with Crippen molar-refractivity contribution in [2.75, 3.05) is 12.9 Å². The zero-order valence-electron chi connectivity index (χ0n) is 18.2. The Hall–Kier alpha value is -3.00. The largest absolute Gasteiger partial charge is 0.508 e. The van der Waals surface area contributed by atoms with E-state index in [4.69, 9.17) is 4.74 Å². The predicted molar refractivity (Wildman–Crippen MR) is 124 cm³/mol. The second-order valence-corrected chi connectivity index (χ2v) is 9.09. The van der Waals surface area contributed by atoms with E-state index in [9.17, 15) is 15.0 Å². The van der Waals surface area contributed by atoms with Crippen LogP contribution in [0.3, 0.4) is 0 Å². The van der Waals surface area contributed by atoms with Crippen molar-refractivity contribution in [2.24, 2.45) is 5.92 Å². The van der Waals surface area contributed by atoms with Crippen LogP contribution in [-0.2, 0) is 0 Å². The summed E-state index contributed by atoms with van der Waals surface area (Å²) in [6.45, 7) is 2.26. The molecule has 2 N–H and O–H groups in total. The molecule has 168 valence electrons. The van der Waals surface area contributed by atoms with Crippen LogP contribution < -0.4 is 4.74 Å². The van der Waals surface area contributed by atoms with Crippen molar-refractivity contribution in [1.82, 2.24) is 14.8 Å². The quantitative estimate of drug-likeness (QED) is 0.380. The zero-order valence-corrected chi connectivity index (χ0v) is 19.0. The Morgan fingerprint density at radius 1 is 1.12 bits per heavy atom. The van der Waals surface area contributed by atoms with E-state index in [-0.39, 0.29) is 34.6 Å². The molecule has 1 aliphatic rings. The fraction of sp³-hybridized carbons (Fsp3) is 0.375. The molecular weight excluding hydrogens is 426 g/mol. The number of carbonyl (C=O) groups excluding carboxylic acids is 1. The van der Waals surface area contributed by atoms with Crippen molar-refractivity contribution in [3.05, 3.63) is 48.0 Å².